The van der Waals surface area contributed by atoms with Gasteiger partial charge in [-0.05, 0) is 18.6 Å². The van der Waals surface area contributed by atoms with Crippen molar-refractivity contribution in [1.82, 2.24) is 4.98 Å². The molecule has 2 rings (SSSR count). The highest BCUT2D eigenvalue weighted by Crippen LogP contribution is 2.31. The molecule has 0 aliphatic heterocycles. The van der Waals surface area contributed by atoms with Crippen LogP contribution in [0.15, 0.2) is 30.5 Å². The number of nitrogens with zero attached hydrogens (tertiary/aromatic N) is 1. The normalized spacial score (nSPS) is 11.6. The maximum atomic E-state index is 6.08. The number of methoxy groups -OCH3 is 1. The number of rotatable bonds is 6. The topological polar surface area (TPSA) is 34.2 Å². The van der Waals surface area contributed by atoms with Gasteiger partial charge in [-0.1, -0.05) is 19.1 Å². The number of aromatic nitrogens is 1. The van der Waals surface area contributed by atoms with Crippen molar-refractivity contribution in [2.75, 3.05) is 24.2 Å². The van der Waals surface area contributed by atoms with Crippen molar-refractivity contribution >= 4 is 39.8 Å². The van der Waals surface area contributed by atoms with Gasteiger partial charge in [0.15, 0.2) is 0 Å². The Hall–Kier alpha value is -1.19. The Morgan fingerprint density at radius 2 is 1.95 bits per heavy atom. The second-order valence-electron chi connectivity index (χ2n) is 4.74. The van der Waals surface area contributed by atoms with Gasteiger partial charge in [-0.2, -0.15) is 0 Å². The van der Waals surface area contributed by atoms with Gasteiger partial charge >= 0.3 is 0 Å². The fourth-order valence-corrected chi connectivity index (χ4v) is 2.88. The van der Waals surface area contributed by atoms with Crippen LogP contribution in [-0.2, 0) is 0 Å². The molecule has 0 radical (unpaired) electrons. The van der Waals surface area contributed by atoms with Crippen LogP contribution in [0.5, 0.6) is 5.75 Å². The van der Waals surface area contributed by atoms with Gasteiger partial charge in [-0.15, -0.1) is 23.2 Å². The van der Waals surface area contributed by atoms with Crippen LogP contribution in [0.25, 0.3) is 10.8 Å². The zero-order valence-electron chi connectivity index (χ0n) is 11.6. The zero-order chi connectivity index (χ0) is 14.6. The van der Waals surface area contributed by atoms with E-state index >= 15 is 0 Å². The maximum Gasteiger partial charge on any atom is 0.134 e. The largest absolute Gasteiger partial charge is 0.496 e. The van der Waals surface area contributed by atoms with E-state index in [0.717, 1.165) is 28.8 Å². The maximum absolute atomic E-state index is 6.08. The molecule has 1 aromatic heterocycles. The molecule has 0 atom stereocenters. The number of hydrogen-bond acceptors (Lipinski definition) is 3. The molecule has 0 saturated carbocycles. The quantitative estimate of drug-likeness (QED) is 0.808. The van der Waals surface area contributed by atoms with Crippen molar-refractivity contribution < 1.29 is 4.74 Å². The summed E-state index contributed by atoms with van der Waals surface area (Å²) in [5, 5.41) is 5.42. The zero-order valence-corrected chi connectivity index (χ0v) is 13.1. The van der Waals surface area contributed by atoms with Crippen LogP contribution in [0.2, 0.25) is 0 Å². The van der Waals surface area contributed by atoms with Gasteiger partial charge in [-0.3, -0.25) is 0 Å². The van der Waals surface area contributed by atoms with Crippen LogP contribution in [-0.4, -0.2) is 29.4 Å². The monoisotopic (exact) mass is 312 g/mol. The van der Waals surface area contributed by atoms with Crippen molar-refractivity contribution in [3.8, 4) is 5.75 Å². The van der Waals surface area contributed by atoms with Gasteiger partial charge in [-0.25, -0.2) is 4.98 Å². The molecule has 0 unspecified atom stereocenters. The van der Waals surface area contributed by atoms with E-state index in [1.54, 1.807) is 13.3 Å². The second-order valence-corrected chi connectivity index (χ2v) is 5.28. The third-order valence-electron chi connectivity index (χ3n) is 3.56. The summed E-state index contributed by atoms with van der Waals surface area (Å²) in [5.74, 6) is 2.46. The molecular formula is C15H18Cl2N2O. The smallest absolute Gasteiger partial charge is 0.134 e. The summed E-state index contributed by atoms with van der Waals surface area (Å²) in [6.45, 7) is 2.06. The molecule has 1 N–H and O–H groups in total. The SMILES string of the molecule is CCC(CCl)(CCl)Nc1nccc2c(OC)cccc12. The molecule has 3 nitrogen and oxygen atoms in total. The highest BCUT2D eigenvalue weighted by Gasteiger charge is 2.27. The minimum absolute atomic E-state index is 0.354. The fraction of sp³-hybridized carbons (Fsp3) is 0.400. The Bertz CT molecular complexity index is 577. The summed E-state index contributed by atoms with van der Waals surface area (Å²) in [4.78, 5) is 4.43. The van der Waals surface area contributed by atoms with Gasteiger partial charge in [0.1, 0.15) is 11.6 Å². The number of benzene rings is 1. The molecule has 0 spiro atoms. The summed E-state index contributed by atoms with van der Waals surface area (Å²) < 4.78 is 5.38. The molecule has 20 heavy (non-hydrogen) atoms. The van der Waals surface area contributed by atoms with Crippen LogP contribution < -0.4 is 10.1 Å². The van der Waals surface area contributed by atoms with E-state index in [9.17, 15) is 0 Å². The molecule has 0 bridgehead atoms. The Morgan fingerprint density at radius 3 is 2.55 bits per heavy atom. The molecule has 0 aliphatic carbocycles. The van der Waals surface area contributed by atoms with Crippen LogP contribution in [0.4, 0.5) is 5.82 Å². The van der Waals surface area contributed by atoms with E-state index in [2.05, 4.69) is 17.2 Å². The standard InChI is InChI=1S/C15H18Cl2N2O/c1-3-15(9-16,10-17)19-14-12-5-4-6-13(20-2)11(12)7-8-18-14/h4-8H,3,9-10H2,1-2H3,(H,18,19). The number of alkyl halides is 2. The van der Waals surface area contributed by atoms with Crippen molar-refractivity contribution in [2.45, 2.75) is 18.9 Å². The van der Waals surface area contributed by atoms with Crippen molar-refractivity contribution in [2.24, 2.45) is 0 Å². The average Bonchev–Trinajstić information content (AvgIpc) is 2.52. The summed E-state index contributed by atoms with van der Waals surface area (Å²) in [7, 11) is 1.66. The van der Waals surface area contributed by atoms with Gasteiger partial charge < -0.3 is 10.1 Å². The van der Waals surface area contributed by atoms with E-state index in [1.165, 1.54) is 0 Å². The van der Waals surface area contributed by atoms with Gasteiger partial charge in [0.05, 0.1) is 12.6 Å². The Kier molecular flexibility index (Phi) is 4.95. The predicted octanol–water partition coefficient (Wildman–Crippen LogP) is 4.28. The molecule has 0 aliphatic rings. The molecular weight excluding hydrogens is 295 g/mol. The number of nitrogens with one attached hydrogen (secondary N) is 1. The van der Waals surface area contributed by atoms with Crippen molar-refractivity contribution in [1.29, 1.82) is 0 Å². The third-order valence-corrected chi connectivity index (χ3v) is 4.58. The molecule has 1 heterocycles. The first-order valence-electron chi connectivity index (χ1n) is 6.51. The lowest BCUT2D eigenvalue weighted by atomic mass is 10.0. The summed E-state index contributed by atoms with van der Waals surface area (Å²) in [6.07, 6.45) is 2.58. The van der Waals surface area contributed by atoms with Crippen molar-refractivity contribution in [3.05, 3.63) is 30.5 Å². The molecule has 0 saturated heterocycles. The van der Waals surface area contributed by atoms with Gasteiger partial charge in [0, 0.05) is 28.7 Å². The minimum Gasteiger partial charge on any atom is -0.496 e. The van der Waals surface area contributed by atoms with Crippen LogP contribution in [0, 0.1) is 0 Å². The molecule has 0 fully saturated rings. The molecule has 1 aromatic carbocycles. The van der Waals surface area contributed by atoms with Gasteiger partial charge in [0.2, 0.25) is 0 Å². The lowest BCUT2D eigenvalue weighted by Crippen LogP contribution is -2.42. The predicted molar refractivity (Wildman–Crippen MR) is 86.4 cm³/mol. The average molecular weight is 313 g/mol. The summed E-state index contributed by atoms with van der Waals surface area (Å²) in [5.41, 5.74) is -0.354. The summed E-state index contributed by atoms with van der Waals surface area (Å²) >= 11 is 12.2. The van der Waals surface area contributed by atoms with E-state index in [4.69, 9.17) is 27.9 Å². The van der Waals surface area contributed by atoms with Crippen LogP contribution in [0.3, 0.4) is 0 Å². The van der Waals surface area contributed by atoms with E-state index < -0.39 is 0 Å². The molecule has 5 heteroatoms. The second kappa shape index (κ2) is 6.51. The number of ether oxygens (including phenoxy) is 1. The third kappa shape index (κ3) is 2.79. The van der Waals surface area contributed by atoms with E-state index in [-0.39, 0.29) is 5.54 Å². The van der Waals surface area contributed by atoms with E-state index in [1.807, 2.05) is 24.3 Å². The lowest BCUT2D eigenvalue weighted by Gasteiger charge is -2.30. The first-order chi connectivity index (χ1) is 9.69. The van der Waals surface area contributed by atoms with Crippen LogP contribution in [0.1, 0.15) is 13.3 Å². The first-order valence-corrected chi connectivity index (χ1v) is 7.58. The van der Waals surface area contributed by atoms with Crippen LogP contribution >= 0.6 is 23.2 Å². The number of anilines is 1. The number of halogens is 2. The molecule has 108 valence electrons. The Morgan fingerprint density at radius 1 is 1.20 bits per heavy atom. The fourth-order valence-electron chi connectivity index (χ4n) is 2.09. The Balaban J connectivity index is 2.50. The van der Waals surface area contributed by atoms with E-state index in [0.29, 0.717) is 11.8 Å². The first kappa shape index (κ1) is 15.2. The summed E-state index contributed by atoms with van der Waals surface area (Å²) in [6, 6.07) is 7.83. The Labute approximate surface area is 129 Å². The number of fused-ring (bicyclic) bond motifs is 1. The number of hydrogen-bond donors (Lipinski definition) is 1. The molecule has 0 amide bonds. The molecule has 2 aromatic rings. The lowest BCUT2D eigenvalue weighted by molar-refractivity contribution is 0.420. The van der Waals surface area contributed by atoms with Crippen molar-refractivity contribution in [3.63, 3.8) is 0 Å². The highest BCUT2D eigenvalue weighted by atomic mass is 35.5. The minimum atomic E-state index is -0.354. The number of pyridine rings is 1. The van der Waals surface area contributed by atoms with Gasteiger partial charge in [0.25, 0.3) is 0 Å². The highest BCUT2D eigenvalue weighted by molar-refractivity contribution is 6.22.